The van der Waals surface area contributed by atoms with Crippen LogP contribution in [-0.2, 0) is 22.6 Å². The van der Waals surface area contributed by atoms with E-state index in [0.29, 0.717) is 17.2 Å². The molecule has 3 aromatic carbocycles. The van der Waals surface area contributed by atoms with Crippen LogP contribution < -0.4 is 10.1 Å². The zero-order valence-electron chi connectivity index (χ0n) is 19.9. The van der Waals surface area contributed by atoms with Crippen LogP contribution in [0.4, 0.5) is 4.39 Å². The minimum atomic E-state index is -0.769. The molecule has 0 aliphatic rings. The Morgan fingerprint density at radius 1 is 1.00 bits per heavy atom. The lowest BCUT2D eigenvalue weighted by molar-refractivity contribution is -0.143. The van der Waals surface area contributed by atoms with E-state index in [-0.39, 0.29) is 31.0 Å². The molecule has 0 unspecified atom stereocenters. The maximum Gasteiger partial charge on any atom is 0.261 e. The molecule has 0 aliphatic carbocycles. The van der Waals surface area contributed by atoms with E-state index in [2.05, 4.69) is 5.32 Å². The van der Waals surface area contributed by atoms with Gasteiger partial charge in [-0.25, -0.2) is 4.39 Å². The van der Waals surface area contributed by atoms with Crippen LogP contribution in [0.25, 0.3) is 0 Å². The molecule has 2 amide bonds. The highest BCUT2D eigenvalue weighted by Gasteiger charge is 2.31. The van der Waals surface area contributed by atoms with Crippen molar-refractivity contribution in [3.8, 4) is 5.75 Å². The largest absolute Gasteiger partial charge is 0.484 e. The molecule has 0 radical (unpaired) electrons. The van der Waals surface area contributed by atoms with Crippen molar-refractivity contribution in [2.45, 2.75) is 45.3 Å². The zero-order chi connectivity index (χ0) is 25.2. The van der Waals surface area contributed by atoms with E-state index >= 15 is 0 Å². The van der Waals surface area contributed by atoms with Crippen LogP contribution in [0.15, 0.2) is 78.9 Å². The van der Waals surface area contributed by atoms with E-state index in [1.54, 1.807) is 18.2 Å². The molecule has 0 bridgehead atoms. The Labute approximate surface area is 210 Å². The number of hydrogen-bond donors (Lipinski definition) is 1. The van der Waals surface area contributed by atoms with E-state index < -0.39 is 11.9 Å². The first-order chi connectivity index (χ1) is 16.9. The van der Waals surface area contributed by atoms with Crippen molar-refractivity contribution < 1.29 is 18.7 Å². The first kappa shape index (κ1) is 26.2. The fraction of sp³-hybridized carbons (Fsp3) is 0.286. The van der Waals surface area contributed by atoms with Gasteiger partial charge in [-0.05, 0) is 60.9 Å². The SMILES string of the molecule is CC[C@@H](C)NC(=O)[C@@H](Cc1ccccc1)N(Cc1cccc(Cl)c1)C(=O)COc1ccc(F)cc1. The minimum absolute atomic E-state index is 0.0423. The Balaban J connectivity index is 1.90. The summed E-state index contributed by atoms with van der Waals surface area (Å²) in [7, 11) is 0. The van der Waals surface area contributed by atoms with Crippen molar-refractivity contribution in [2.75, 3.05) is 6.61 Å². The first-order valence-electron chi connectivity index (χ1n) is 11.6. The van der Waals surface area contributed by atoms with E-state index in [1.807, 2.05) is 50.2 Å². The smallest absolute Gasteiger partial charge is 0.261 e. The number of nitrogens with zero attached hydrogens (tertiary/aromatic N) is 1. The van der Waals surface area contributed by atoms with Crippen molar-refractivity contribution in [3.05, 3.63) is 101 Å². The third-order valence-electron chi connectivity index (χ3n) is 5.69. The molecule has 0 aromatic heterocycles. The number of rotatable bonds is 11. The van der Waals surface area contributed by atoms with Crippen molar-refractivity contribution in [3.63, 3.8) is 0 Å². The fourth-order valence-electron chi connectivity index (χ4n) is 3.59. The molecule has 3 rings (SSSR count). The van der Waals surface area contributed by atoms with Gasteiger partial charge in [0.05, 0.1) is 0 Å². The molecule has 1 N–H and O–H groups in total. The fourth-order valence-corrected chi connectivity index (χ4v) is 3.80. The number of carbonyl (C=O) groups excluding carboxylic acids is 2. The Hall–Kier alpha value is -3.38. The molecule has 0 saturated carbocycles. The summed E-state index contributed by atoms with van der Waals surface area (Å²) < 4.78 is 18.9. The molecular weight excluding hydrogens is 467 g/mol. The van der Waals surface area contributed by atoms with Gasteiger partial charge in [-0.3, -0.25) is 9.59 Å². The summed E-state index contributed by atoms with van der Waals surface area (Å²) in [5.74, 6) is -0.628. The lowest BCUT2D eigenvalue weighted by atomic mass is 10.0. The van der Waals surface area contributed by atoms with E-state index in [4.69, 9.17) is 16.3 Å². The number of halogens is 2. The van der Waals surface area contributed by atoms with Crippen LogP contribution in [0.5, 0.6) is 5.75 Å². The second-order valence-electron chi connectivity index (χ2n) is 8.42. The summed E-state index contributed by atoms with van der Waals surface area (Å²) in [6, 6.07) is 21.4. The van der Waals surface area contributed by atoms with Gasteiger partial charge in [0.1, 0.15) is 17.6 Å². The van der Waals surface area contributed by atoms with Gasteiger partial charge >= 0.3 is 0 Å². The highest BCUT2D eigenvalue weighted by molar-refractivity contribution is 6.30. The first-order valence-corrected chi connectivity index (χ1v) is 12.0. The molecule has 184 valence electrons. The number of carbonyl (C=O) groups is 2. The van der Waals surface area contributed by atoms with Crippen molar-refractivity contribution in [1.82, 2.24) is 10.2 Å². The molecular formula is C28H30ClFN2O3. The molecule has 2 atom stereocenters. The topological polar surface area (TPSA) is 58.6 Å². The lowest BCUT2D eigenvalue weighted by Crippen LogP contribution is -2.53. The van der Waals surface area contributed by atoms with Crippen LogP contribution >= 0.6 is 11.6 Å². The monoisotopic (exact) mass is 496 g/mol. The van der Waals surface area contributed by atoms with Gasteiger partial charge in [-0.2, -0.15) is 0 Å². The summed E-state index contributed by atoms with van der Waals surface area (Å²) in [4.78, 5) is 28.4. The average Bonchev–Trinajstić information content (AvgIpc) is 2.86. The lowest BCUT2D eigenvalue weighted by Gasteiger charge is -2.32. The minimum Gasteiger partial charge on any atom is -0.484 e. The predicted molar refractivity (Wildman–Crippen MR) is 136 cm³/mol. The van der Waals surface area contributed by atoms with Gasteiger partial charge in [0, 0.05) is 24.0 Å². The second kappa shape index (κ2) is 12.9. The standard InChI is InChI=1S/C28H30ClFN2O3/c1-3-20(2)31-28(34)26(17-21-8-5-4-6-9-21)32(18-22-10-7-11-23(29)16-22)27(33)19-35-25-14-12-24(30)13-15-25/h4-16,20,26H,3,17-19H2,1-2H3,(H,31,34)/t20-,26-/m1/s1. The molecule has 0 spiro atoms. The molecule has 5 nitrogen and oxygen atoms in total. The van der Waals surface area contributed by atoms with Gasteiger partial charge < -0.3 is 15.0 Å². The summed E-state index contributed by atoms with van der Waals surface area (Å²) in [6.07, 6.45) is 1.10. The van der Waals surface area contributed by atoms with E-state index in [0.717, 1.165) is 17.5 Å². The number of ether oxygens (including phenoxy) is 1. The quantitative estimate of drug-likeness (QED) is 0.386. The van der Waals surface area contributed by atoms with Crippen LogP contribution in [0.2, 0.25) is 5.02 Å². The third kappa shape index (κ3) is 8.11. The second-order valence-corrected chi connectivity index (χ2v) is 8.85. The Morgan fingerprint density at radius 2 is 1.69 bits per heavy atom. The molecule has 0 aliphatic heterocycles. The number of nitrogens with one attached hydrogen (secondary N) is 1. The molecule has 0 heterocycles. The highest BCUT2D eigenvalue weighted by Crippen LogP contribution is 2.19. The summed E-state index contributed by atoms with van der Waals surface area (Å²) in [6.45, 7) is 3.80. The Morgan fingerprint density at radius 3 is 2.34 bits per heavy atom. The van der Waals surface area contributed by atoms with Gasteiger partial charge in [-0.15, -0.1) is 0 Å². The van der Waals surface area contributed by atoms with Crippen molar-refractivity contribution >= 4 is 23.4 Å². The Kier molecular flexibility index (Phi) is 9.67. The van der Waals surface area contributed by atoms with Crippen LogP contribution in [0.3, 0.4) is 0 Å². The van der Waals surface area contributed by atoms with Gasteiger partial charge in [0.15, 0.2) is 6.61 Å². The maximum absolute atomic E-state index is 13.5. The highest BCUT2D eigenvalue weighted by atomic mass is 35.5. The number of benzene rings is 3. The van der Waals surface area contributed by atoms with Gasteiger partial charge in [-0.1, -0.05) is 61.0 Å². The zero-order valence-corrected chi connectivity index (χ0v) is 20.7. The molecule has 0 saturated heterocycles. The molecule has 35 heavy (non-hydrogen) atoms. The molecule has 3 aromatic rings. The summed E-state index contributed by atoms with van der Waals surface area (Å²) >= 11 is 6.18. The van der Waals surface area contributed by atoms with Crippen LogP contribution in [-0.4, -0.2) is 35.4 Å². The molecule has 0 fully saturated rings. The Bertz CT molecular complexity index is 1110. The van der Waals surface area contributed by atoms with Crippen LogP contribution in [0.1, 0.15) is 31.4 Å². The molecule has 7 heteroatoms. The van der Waals surface area contributed by atoms with Crippen LogP contribution in [0, 0.1) is 5.82 Å². The van der Waals surface area contributed by atoms with Gasteiger partial charge in [0.25, 0.3) is 5.91 Å². The van der Waals surface area contributed by atoms with Crippen molar-refractivity contribution in [2.24, 2.45) is 0 Å². The van der Waals surface area contributed by atoms with E-state index in [1.165, 1.54) is 29.2 Å². The summed E-state index contributed by atoms with van der Waals surface area (Å²) in [5.41, 5.74) is 1.72. The van der Waals surface area contributed by atoms with Crippen molar-refractivity contribution in [1.29, 1.82) is 0 Å². The predicted octanol–water partition coefficient (Wildman–Crippen LogP) is 5.41. The maximum atomic E-state index is 13.5. The third-order valence-corrected chi connectivity index (χ3v) is 5.93. The normalized spacial score (nSPS) is 12.5. The van der Waals surface area contributed by atoms with E-state index in [9.17, 15) is 14.0 Å². The van der Waals surface area contributed by atoms with Gasteiger partial charge in [0.2, 0.25) is 5.91 Å². The summed E-state index contributed by atoms with van der Waals surface area (Å²) in [5, 5.41) is 3.56. The number of hydrogen-bond acceptors (Lipinski definition) is 3. The average molecular weight is 497 g/mol. The number of amides is 2.